The van der Waals surface area contributed by atoms with Crippen molar-refractivity contribution in [3.63, 3.8) is 0 Å². The van der Waals surface area contributed by atoms with Gasteiger partial charge in [-0.1, -0.05) is 194 Å². The first-order valence-corrected chi connectivity index (χ1v) is 24.9. The Hall–Kier alpha value is -10.4. The van der Waals surface area contributed by atoms with E-state index in [1.807, 2.05) is 78.9 Å². The largest absolute Gasteiger partial charge is 0.456 e. The summed E-state index contributed by atoms with van der Waals surface area (Å²) in [6.07, 6.45) is 0. The highest BCUT2D eigenvalue weighted by molar-refractivity contribution is 6.23. The number of fused-ring (bicyclic) bond motifs is 10. The van der Waals surface area contributed by atoms with E-state index in [4.69, 9.17) is 34.3 Å². The molecule has 0 atom stereocenters. The predicted molar refractivity (Wildman–Crippen MR) is 302 cm³/mol. The van der Waals surface area contributed by atoms with Gasteiger partial charge < -0.3 is 8.98 Å². The molecule has 0 amide bonds. The summed E-state index contributed by atoms with van der Waals surface area (Å²) in [7, 11) is 0. The van der Waals surface area contributed by atoms with E-state index in [-0.39, 0.29) is 0 Å². The Bertz CT molecular complexity index is 4700. The summed E-state index contributed by atoms with van der Waals surface area (Å²) in [5.41, 5.74) is 13.1. The van der Waals surface area contributed by atoms with Crippen molar-refractivity contribution in [1.82, 2.24) is 39.0 Å². The molecule has 15 rings (SSSR count). The standard InChI is InChI=1S/C66H40N8O/c1-4-17-41(18-5-1)42-31-33-44(34-32-42)62-69-65(72-66(71-62)74-56-29-14-11-26-50(56)54-38-37-53-49-25-10-13-28-55(49)73(59(53)60(54)74)48-23-8-3-9-24-48)46-22-16-21-45(39-46)63-67-61(43-19-6-2-7-20-43)68-64(70-63)47-35-36-52-51-27-12-15-30-57(51)75-58(52)40-47/h1-40H. The molecule has 0 aliphatic rings. The van der Waals surface area contributed by atoms with E-state index in [0.717, 1.165) is 110 Å². The first kappa shape index (κ1) is 42.3. The van der Waals surface area contributed by atoms with Crippen LogP contribution in [0.3, 0.4) is 0 Å². The second-order valence-corrected chi connectivity index (χ2v) is 18.7. The molecule has 0 saturated heterocycles. The number of nitrogens with zero attached hydrogens (tertiary/aromatic N) is 8. The summed E-state index contributed by atoms with van der Waals surface area (Å²) in [5, 5.41) is 6.58. The Balaban J connectivity index is 0.952. The normalized spacial score (nSPS) is 11.7. The third-order valence-electron chi connectivity index (χ3n) is 14.2. The van der Waals surface area contributed by atoms with Crippen LogP contribution in [0.1, 0.15) is 0 Å². The lowest BCUT2D eigenvalue weighted by Crippen LogP contribution is -2.07. The lowest BCUT2D eigenvalue weighted by molar-refractivity contribution is 0.669. The van der Waals surface area contributed by atoms with E-state index < -0.39 is 0 Å². The van der Waals surface area contributed by atoms with Crippen LogP contribution in [0.5, 0.6) is 0 Å². The van der Waals surface area contributed by atoms with Gasteiger partial charge in [-0.15, -0.1) is 0 Å². The van der Waals surface area contributed by atoms with Crippen molar-refractivity contribution in [2.24, 2.45) is 0 Å². The number of aromatic nitrogens is 8. The van der Waals surface area contributed by atoms with Gasteiger partial charge in [0, 0.05) is 65.8 Å². The van der Waals surface area contributed by atoms with Gasteiger partial charge in [-0.05, 0) is 59.7 Å². The molecule has 5 aromatic heterocycles. The zero-order valence-electron chi connectivity index (χ0n) is 40.1. The number of para-hydroxylation sites is 4. The van der Waals surface area contributed by atoms with Crippen molar-refractivity contribution in [2.45, 2.75) is 0 Å². The second-order valence-electron chi connectivity index (χ2n) is 18.7. The van der Waals surface area contributed by atoms with Crippen LogP contribution in [0.2, 0.25) is 0 Å². The zero-order valence-corrected chi connectivity index (χ0v) is 40.1. The highest BCUT2D eigenvalue weighted by atomic mass is 16.3. The molecule has 10 aromatic carbocycles. The molecule has 0 unspecified atom stereocenters. The Kier molecular flexibility index (Phi) is 9.67. The number of benzene rings is 10. The predicted octanol–water partition coefficient (Wildman–Crippen LogP) is 16.2. The lowest BCUT2D eigenvalue weighted by Gasteiger charge is -2.14. The van der Waals surface area contributed by atoms with Crippen LogP contribution in [0.15, 0.2) is 247 Å². The first-order valence-electron chi connectivity index (χ1n) is 24.9. The van der Waals surface area contributed by atoms with Gasteiger partial charge in [-0.3, -0.25) is 4.57 Å². The average molecular weight is 961 g/mol. The fraction of sp³-hybridized carbons (Fsp3) is 0. The maximum atomic E-state index is 6.33. The van der Waals surface area contributed by atoms with E-state index in [1.54, 1.807) is 0 Å². The fourth-order valence-corrected chi connectivity index (χ4v) is 10.7. The minimum absolute atomic E-state index is 0.492. The van der Waals surface area contributed by atoms with Gasteiger partial charge in [0.2, 0.25) is 5.95 Å². The van der Waals surface area contributed by atoms with Crippen molar-refractivity contribution in [1.29, 1.82) is 0 Å². The molecule has 350 valence electrons. The first-order chi connectivity index (χ1) is 37.2. The molecule has 0 saturated carbocycles. The van der Waals surface area contributed by atoms with E-state index in [9.17, 15) is 0 Å². The third-order valence-corrected chi connectivity index (χ3v) is 14.2. The zero-order chi connectivity index (χ0) is 49.4. The Morgan fingerprint density at radius 2 is 0.653 bits per heavy atom. The molecule has 0 spiro atoms. The highest BCUT2D eigenvalue weighted by Crippen LogP contribution is 2.42. The Labute approximate surface area is 429 Å². The number of hydrogen-bond acceptors (Lipinski definition) is 7. The van der Waals surface area contributed by atoms with Crippen molar-refractivity contribution in [3.8, 4) is 79.7 Å². The van der Waals surface area contributed by atoms with Crippen molar-refractivity contribution in [3.05, 3.63) is 243 Å². The van der Waals surface area contributed by atoms with Crippen LogP contribution in [0, 0.1) is 0 Å². The summed E-state index contributed by atoms with van der Waals surface area (Å²) in [6.45, 7) is 0. The van der Waals surface area contributed by atoms with Gasteiger partial charge in [-0.2, -0.15) is 9.97 Å². The smallest absolute Gasteiger partial charge is 0.238 e. The topological polar surface area (TPSA) is 100 Å². The fourth-order valence-electron chi connectivity index (χ4n) is 10.7. The molecule has 0 bridgehead atoms. The van der Waals surface area contributed by atoms with Crippen LogP contribution in [0.25, 0.3) is 145 Å². The minimum atomic E-state index is 0.492. The van der Waals surface area contributed by atoms with Crippen molar-refractivity contribution in [2.75, 3.05) is 0 Å². The second kappa shape index (κ2) is 17.1. The molecule has 0 fully saturated rings. The van der Waals surface area contributed by atoms with Crippen molar-refractivity contribution < 1.29 is 4.42 Å². The maximum Gasteiger partial charge on any atom is 0.238 e. The monoisotopic (exact) mass is 960 g/mol. The Morgan fingerprint density at radius 1 is 0.253 bits per heavy atom. The molecule has 0 aliphatic carbocycles. The molecule has 0 radical (unpaired) electrons. The minimum Gasteiger partial charge on any atom is -0.456 e. The third kappa shape index (κ3) is 7.09. The molecule has 75 heavy (non-hydrogen) atoms. The average Bonchev–Trinajstić information content (AvgIpc) is 4.15. The Morgan fingerprint density at radius 3 is 1.31 bits per heavy atom. The summed E-state index contributed by atoms with van der Waals surface area (Å²) in [4.78, 5) is 31.6. The van der Waals surface area contributed by atoms with Crippen LogP contribution in [0.4, 0.5) is 0 Å². The molecule has 15 aromatic rings. The van der Waals surface area contributed by atoms with Gasteiger partial charge in [-0.25, -0.2) is 19.9 Å². The summed E-state index contributed by atoms with van der Waals surface area (Å²) in [6, 6.07) is 83.5. The number of rotatable bonds is 8. The van der Waals surface area contributed by atoms with Crippen molar-refractivity contribution >= 4 is 65.6 Å². The van der Waals surface area contributed by atoms with E-state index in [2.05, 4.69) is 173 Å². The van der Waals surface area contributed by atoms with Crippen LogP contribution >= 0.6 is 0 Å². The van der Waals surface area contributed by atoms with Gasteiger partial charge >= 0.3 is 0 Å². The summed E-state index contributed by atoms with van der Waals surface area (Å²) in [5.74, 6) is 3.12. The van der Waals surface area contributed by atoms with E-state index in [0.29, 0.717) is 35.1 Å². The van der Waals surface area contributed by atoms with Gasteiger partial charge in [0.15, 0.2) is 29.1 Å². The molecule has 0 aliphatic heterocycles. The van der Waals surface area contributed by atoms with Crippen LogP contribution < -0.4 is 0 Å². The van der Waals surface area contributed by atoms with Gasteiger partial charge in [0.25, 0.3) is 0 Å². The lowest BCUT2D eigenvalue weighted by atomic mass is 10.0. The number of furan rings is 1. The van der Waals surface area contributed by atoms with Crippen LogP contribution in [-0.4, -0.2) is 39.0 Å². The molecular weight excluding hydrogens is 921 g/mol. The van der Waals surface area contributed by atoms with Gasteiger partial charge in [0.05, 0.1) is 22.1 Å². The highest BCUT2D eigenvalue weighted by Gasteiger charge is 2.24. The van der Waals surface area contributed by atoms with Crippen LogP contribution in [-0.2, 0) is 0 Å². The maximum absolute atomic E-state index is 6.33. The molecular formula is C66H40N8O. The van der Waals surface area contributed by atoms with E-state index >= 15 is 0 Å². The molecule has 0 N–H and O–H groups in total. The molecule has 9 heteroatoms. The van der Waals surface area contributed by atoms with E-state index in [1.165, 1.54) is 0 Å². The molecule has 5 heterocycles. The summed E-state index contributed by atoms with van der Waals surface area (Å²) >= 11 is 0. The number of hydrogen-bond donors (Lipinski definition) is 0. The quantitative estimate of drug-likeness (QED) is 0.149. The van der Waals surface area contributed by atoms with Gasteiger partial charge in [0.1, 0.15) is 11.2 Å². The molecule has 9 nitrogen and oxygen atoms in total. The summed E-state index contributed by atoms with van der Waals surface area (Å²) < 4.78 is 10.9. The SMILES string of the molecule is c1ccc(-c2ccc(-c3nc(-c4cccc(-c5nc(-c6ccccc6)nc(-c6ccc7c(c6)oc6ccccc67)n5)c4)nc(-n4c5ccccc5c5ccc6c7ccccc7n(-c7ccccc7)c6c54)n3)cc2)cc1.